The second kappa shape index (κ2) is 9.34. The van der Waals surface area contributed by atoms with Crippen LogP contribution in [0.4, 0.5) is 13.2 Å². The Morgan fingerprint density at radius 1 is 1.12 bits per heavy atom. The molecule has 0 radical (unpaired) electrons. The summed E-state index contributed by atoms with van der Waals surface area (Å²) in [7, 11) is 0. The number of carbonyl (C=O) groups excluding carboxylic acids is 2. The smallest absolute Gasteiger partial charge is 0.372 e. The van der Waals surface area contributed by atoms with Gasteiger partial charge in [0.15, 0.2) is 0 Å². The summed E-state index contributed by atoms with van der Waals surface area (Å²) in [5, 5.41) is 3.32. The van der Waals surface area contributed by atoms with Gasteiger partial charge in [0.1, 0.15) is 10.5 Å². The van der Waals surface area contributed by atoms with E-state index in [4.69, 9.17) is 4.74 Å². The van der Waals surface area contributed by atoms with Crippen molar-refractivity contribution in [2.24, 2.45) is 0 Å². The van der Waals surface area contributed by atoms with Crippen LogP contribution in [-0.4, -0.2) is 47.0 Å². The number of halogens is 3. The van der Waals surface area contributed by atoms with E-state index < -0.39 is 11.9 Å². The number of amides is 2. The second-order valence-electron chi connectivity index (χ2n) is 8.45. The molecule has 10 heteroatoms. The number of ether oxygens (including phenoxy) is 1. The van der Waals surface area contributed by atoms with Crippen LogP contribution in [-0.2, 0) is 17.5 Å². The Balaban J connectivity index is 1.41. The molecule has 34 heavy (non-hydrogen) atoms. The van der Waals surface area contributed by atoms with Crippen molar-refractivity contribution in [1.29, 1.82) is 0 Å². The fraction of sp³-hybridized carbons (Fsp3) is 0.375. The summed E-state index contributed by atoms with van der Waals surface area (Å²) in [6.07, 6.45) is -4.58. The van der Waals surface area contributed by atoms with Gasteiger partial charge in [0.25, 0.3) is 11.8 Å². The number of carbonyl (C=O) groups is 2. The number of thiophene rings is 1. The Labute approximate surface area is 198 Å². The van der Waals surface area contributed by atoms with Gasteiger partial charge in [-0.25, -0.2) is 4.98 Å². The number of pyridine rings is 1. The highest BCUT2D eigenvalue weighted by atomic mass is 32.1. The van der Waals surface area contributed by atoms with Crippen molar-refractivity contribution in [1.82, 2.24) is 15.2 Å². The topological polar surface area (TPSA) is 71.5 Å². The maximum Gasteiger partial charge on any atom is 0.433 e. The van der Waals surface area contributed by atoms with Crippen LogP contribution in [0.1, 0.15) is 50.7 Å². The van der Waals surface area contributed by atoms with Gasteiger partial charge < -0.3 is 15.0 Å². The number of nitrogens with one attached hydrogen (secondary N) is 1. The number of rotatable bonds is 4. The normalized spacial score (nSPS) is 18.8. The molecule has 3 aromatic rings. The molecule has 3 heterocycles. The number of benzene rings is 1. The summed E-state index contributed by atoms with van der Waals surface area (Å²) in [5.41, 5.74) is 0.964. The van der Waals surface area contributed by atoms with Gasteiger partial charge in [0.2, 0.25) is 0 Å². The minimum Gasteiger partial charge on any atom is -0.372 e. The molecule has 2 unspecified atom stereocenters. The first-order chi connectivity index (χ1) is 16.0. The van der Waals surface area contributed by atoms with Crippen LogP contribution >= 0.6 is 11.3 Å². The minimum atomic E-state index is -4.54. The quantitative estimate of drug-likeness (QED) is 0.569. The first kappa shape index (κ1) is 24.2. The third-order valence-electron chi connectivity index (χ3n) is 5.66. The summed E-state index contributed by atoms with van der Waals surface area (Å²) in [6, 6.07) is 9.26. The van der Waals surface area contributed by atoms with Crippen molar-refractivity contribution >= 4 is 33.4 Å². The first-order valence-corrected chi connectivity index (χ1v) is 11.6. The van der Waals surface area contributed by atoms with Crippen molar-refractivity contribution in [2.75, 3.05) is 13.1 Å². The number of alkyl halides is 3. The van der Waals surface area contributed by atoms with Crippen molar-refractivity contribution in [3.8, 4) is 0 Å². The number of aryl methyl sites for hydroxylation is 1. The molecule has 1 aliphatic heterocycles. The molecule has 2 aromatic heterocycles. The van der Waals surface area contributed by atoms with Crippen LogP contribution in [0.5, 0.6) is 0 Å². The SMILES string of the molecule is Cc1c(C(=O)NCc2ccc(C(=O)N3CC(C)OC(C)C3)cc2)sc2nc(C(F)(F)F)ccc12. The van der Waals surface area contributed by atoms with Gasteiger partial charge in [-0.05, 0) is 56.2 Å². The fourth-order valence-electron chi connectivity index (χ4n) is 4.03. The van der Waals surface area contributed by atoms with Gasteiger partial charge in [-0.1, -0.05) is 12.1 Å². The van der Waals surface area contributed by atoms with E-state index in [0.717, 1.165) is 23.0 Å². The number of fused-ring (bicyclic) bond motifs is 1. The summed E-state index contributed by atoms with van der Waals surface area (Å²) in [5.74, 6) is -0.449. The van der Waals surface area contributed by atoms with Crippen LogP contribution in [0.25, 0.3) is 10.2 Å². The lowest BCUT2D eigenvalue weighted by atomic mass is 10.1. The Morgan fingerprint density at radius 2 is 1.76 bits per heavy atom. The van der Waals surface area contributed by atoms with E-state index in [-0.39, 0.29) is 35.4 Å². The molecular weight excluding hydrogens is 467 g/mol. The molecule has 4 rings (SSSR count). The Kier molecular flexibility index (Phi) is 6.64. The predicted molar refractivity (Wildman–Crippen MR) is 123 cm³/mol. The van der Waals surface area contributed by atoms with Crippen molar-refractivity contribution in [2.45, 2.75) is 45.7 Å². The molecule has 0 saturated carbocycles. The van der Waals surface area contributed by atoms with Crippen LogP contribution in [0.2, 0.25) is 0 Å². The van der Waals surface area contributed by atoms with Crippen LogP contribution in [0, 0.1) is 6.92 Å². The average Bonchev–Trinajstić information content (AvgIpc) is 3.12. The first-order valence-electron chi connectivity index (χ1n) is 10.8. The van der Waals surface area contributed by atoms with E-state index in [1.165, 1.54) is 6.07 Å². The lowest BCUT2D eigenvalue weighted by molar-refractivity contribution is -0.140. The molecule has 0 spiro atoms. The molecule has 2 atom stereocenters. The van der Waals surface area contributed by atoms with E-state index >= 15 is 0 Å². The maximum atomic E-state index is 12.9. The zero-order valence-corrected chi connectivity index (χ0v) is 19.7. The molecule has 1 fully saturated rings. The molecule has 0 aliphatic carbocycles. The summed E-state index contributed by atoms with van der Waals surface area (Å²) < 4.78 is 44.5. The largest absolute Gasteiger partial charge is 0.433 e. The summed E-state index contributed by atoms with van der Waals surface area (Å²) in [6.45, 7) is 6.85. The molecular formula is C24H24F3N3O3S. The third-order valence-corrected chi connectivity index (χ3v) is 6.86. The van der Waals surface area contributed by atoms with Crippen LogP contribution in [0.3, 0.4) is 0 Å². The van der Waals surface area contributed by atoms with Gasteiger partial charge in [0, 0.05) is 30.6 Å². The fourth-order valence-corrected chi connectivity index (χ4v) is 5.12. The highest BCUT2D eigenvalue weighted by molar-refractivity contribution is 7.20. The number of aromatic nitrogens is 1. The number of hydrogen-bond donors (Lipinski definition) is 1. The molecule has 1 aliphatic rings. The van der Waals surface area contributed by atoms with Crippen LogP contribution < -0.4 is 5.32 Å². The van der Waals surface area contributed by atoms with E-state index in [9.17, 15) is 22.8 Å². The third kappa shape index (κ3) is 5.07. The predicted octanol–water partition coefficient (Wildman–Crippen LogP) is 4.80. The van der Waals surface area contributed by atoms with Gasteiger partial charge in [-0.2, -0.15) is 13.2 Å². The summed E-state index contributed by atoms with van der Waals surface area (Å²) in [4.78, 5) is 31.4. The monoisotopic (exact) mass is 491 g/mol. The highest BCUT2D eigenvalue weighted by Crippen LogP contribution is 2.34. The lowest BCUT2D eigenvalue weighted by Crippen LogP contribution is -2.48. The van der Waals surface area contributed by atoms with E-state index in [1.54, 1.807) is 36.1 Å². The molecule has 0 bridgehead atoms. The van der Waals surface area contributed by atoms with Crippen molar-refractivity contribution < 1.29 is 27.5 Å². The standard InChI is InChI=1S/C24H24F3N3O3S/c1-13-11-30(12-14(2)33-13)23(32)17-6-4-16(5-7-17)10-28-21(31)20-15(3)18-8-9-19(24(25,26)27)29-22(18)34-20/h4-9,13-14H,10-12H2,1-3H3,(H,28,31). The maximum absolute atomic E-state index is 12.9. The Morgan fingerprint density at radius 3 is 2.38 bits per heavy atom. The number of hydrogen-bond acceptors (Lipinski definition) is 5. The Bertz CT molecular complexity index is 1210. The molecule has 1 aromatic carbocycles. The second-order valence-corrected chi connectivity index (χ2v) is 9.45. The molecule has 6 nitrogen and oxygen atoms in total. The number of nitrogens with zero attached hydrogens (tertiary/aromatic N) is 2. The van der Waals surface area contributed by atoms with E-state index in [0.29, 0.717) is 34.5 Å². The van der Waals surface area contributed by atoms with Crippen molar-refractivity contribution in [3.05, 3.63) is 63.7 Å². The average molecular weight is 492 g/mol. The zero-order valence-electron chi connectivity index (χ0n) is 18.9. The molecule has 2 amide bonds. The molecule has 1 N–H and O–H groups in total. The Hall–Kier alpha value is -2.98. The van der Waals surface area contributed by atoms with E-state index in [2.05, 4.69) is 10.3 Å². The highest BCUT2D eigenvalue weighted by Gasteiger charge is 2.33. The zero-order chi connectivity index (χ0) is 24.6. The van der Waals surface area contributed by atoms with E-state index in [1.807, 2.05) is 13.8 Å². The van der Waals surface area contributed by atoms with Gasteiger partial charge in [-0.15, -0.1) is 11.3 Å². The minimum absolute atomic E-state index is 0.0187. The molecule has 180 valence electrons. The number of morpholine rings is 1. The van der Waals surface area contributed by atoms with Gasteiger partial charge >= 0.3 is 6.18 Å². The van der Waals surface area contributed by atoms with Gasteiger partial charge in [-0.3, -0.25) is 9.59 Å². The molecule has 1 saturated heterocycles. The summed E-state index contributed by atoms with van der Waals surface area (Å²) >= 11 is 0.936. The van der Waals surface area contributed by atoms with Crippen molar-refractivity contribution in [3.63, 3.8) is 0 Å². The van der Waals surface area contributed by atoms with Gasteiger partial charge in [0.05, 0.1) is 17.1 Å². The lowest BCUT2D eigenvalue weighted by Gasteiger charge is -2.35. The van der Waals surface area contributed by atoms with Crippen LogP contribution in [0.15, 0.2) is 36.4 Å².